The average molecular weight is 879 g/mol. The zero-order chi connectivity index (χ0) is 45.4. The number of rotatable bonds is 8. The largest absolute Gasteiger partial charge is 0.508 e. The maximum absolute atomic E-state index is 12.8. The zero-order valence-corrected chi connectivity index (χ0v) is 33.1. The molecule has 0 radical (unpaired) electrons. The van der Waals surface area contributed by atoms with Crippen LogP contribution < -0.4 is 20.3 Å². The van der Waals surface area contributed by atoms with E-state index < -0.39 is 84.6 Å². The van der Waals surface area contributed by atoms with Crippen molar-refractivity contribution in [3.63, 3.8) is 0 Å². The lowest BCUT2D eigenvalue weighted by Crippen LogP contribution is -2.61. The van der Waals surface area contributed by atoms with Gasteiger partial charge in [0, 0.05) is 47.5 Å². The molecular formula is C43H42O20. The molecule has 0 unspecified atom stereocenters. The number of aliphatic hydroxyl groups is 6. The van der Waals surface area contributed by atoms with E-state index in [-0.39, 0.29) is 62.2 Å². The normalized spacial score (nSPS) is 25.9. The van der Waals surface area contributed by atoms with E-state index in [0.717, 1.165) is 18.2 Å². The van der Waals surface area contributed by atoms with Crippen LogP contribution in [0.1, 0.15) is 6.92 Å². The molecule has 11 N–H and O–H groups in total. The van der Waals surface area contributed by atoms with Crippen LogP contribution in [-0.2, 0) is 14.2 Å². The molecule has 2 aliphatic heterocycles. The molecule has 0 amide bonds. The summed E-state index contributed by atoms with van der Waals surface area (Å²) in [7, 11) is 1.52. The van der Waals surface area contributed by atoms with Crippen LogP contribution in [0.4, 0.5) is 0 Å². The Morgan fingerprint density at radius 3 is 1.75 bits per heavy atom. The number of aromatic hydroxyl groups is 5. The Kier molecular flexibility index (Phi) is 12.8. The number of hydrogen-bond donors (Lipinski definition) is 11. The zero-order valence-electron chi connectivity index (χ0n) is 33.1. The molecule has 2 aromatic heterocycles. The first-order valence-corrected chi connectivity index (χ1v) is 19.1. The van der Waals surface area contributed by atoms with Crippen molar-refractivity contribution in [2.45, 2.75) is 68.3 Å². The summed E-state index contributed by atoms with van der Waals surface area (Å²) in [6.45, 7) is 0.984. The van der Waals surface area contributed by atoms with Gasteiger partial charge < -0.3 is 88.7 Å². The molecule has 0 saturated carbocycles. The summed E-state index contributed by atoms with van der Waals surface area (Å²) >= 11 is 0. The predicted octanol–water partition coefficient (Wildman–Crippen LogP) is 1.49. The molecule has 2 saturated heterocycles. The van der Waals surface area contributed by atoms with Gasteiger partial charge in [0.1, 0.15) is 105 Å². The van der Waals surface area contributed by atoms with Gasteiger partial charge in [-0.15, -0.1) is 0 Å². The second kappa shape index (κ2) is 18.1. The standard InChI is InChI=1S/C28H32O14.C15H10O6/c1-11-21(31)23(33)25(35)27(39-11)38-10-19-22(32)24(34)26(36)28(42-19)40-14-7-15(29)20-16(30)9-17(41-18(20)8-14)12-3-5-13(37-2)6-4-12;16-8-4-11(19)15-12(20)6-13(21-14(15)5-8)7-1-2-9(17)10(18)3-7/h3-9,11,19,21-29,31-36H,10H2,1-2H3;1-6,16-19H/t11-,19+,21-,22+,23+,24-,25+,26+,27+,28+;/m0./s1. The van der Waals surface area contributed by atoms with Gasteiger partial charge in [0.05, 0.1) is 19.8 Å². The number of benzene rings is 4. The van der Waals surface area contributed by atoms with Crippen LogP contribution in [0.25, 0.3) is 44.6 Å². The Morgan fingerprint density at radius 2 is 1.11 bits per heavy atom. The molecule has 4 aromatic carbocycles. The Morgan fingerprint density at radius 1 is 0.540 bits per heavy atom. The third-order valence-electron chi connectivity index (χ3n) is 10.4. The van der Waals surface area contributed by atoms with Gasteiger partial charge in [-0.05, 0) is 49.4 Å². The number of aliphatic hydroxyl groups excluding tert-OH is 6. The van der Waals surface area contributed by atoms with Crippen molar-refractivity contribution < 1.29 is 88.7 Å². The number of methoxy groups -OCH3 is 1. The molecule has 20 nitrogen and oxygen atoms in total. The van der Waals surface area contributed by atoms with E-state index >= 15 is 0 Å². The summed E-state index contributed by atoms with van der Waals surface area (Å²) in [5, 5.41) is 110. The van der Waals surface area contributed by atoms with E-state index in [9.17, 15) is 65.8 Å². The van der Waals surface area contributed by atoms with E-state index in [1.165, 1.54) is 50.4 Å². The molecule has 20 heteroatoms. The predicted molar refractivity (Wildman–Crippen MR) is 216 cm³/mol. The molecule has 0 aliphatic carbocycles. The minimum Gasteiger partial charge on any atom is -0.508 e. The molecule has 8 rings (SSSR count). The van der Waals surface area contributed by atoms with Crippen molar-refractivity contribution in [3.8, 4) is 62.9 Å². The number of fused-ring (bicyclic) bond motifs is 2. The Hall–Kier alpha value is -6.46. The van der Waals surface area contributed by atoms with Crippen molar-refractivity contribution in [1.82, 2.24) is 0 Å². The lowest BCUT2D eigenvalue weighted by Gasteiger charge is -2.42. The third kappa shape index (κ3) is 9.20. The first-order chi connectivity index (χ1) is 29.9. The van der Waals surface area contributed by atoms with E-state index in [0.29, 0.717) is 16.9 Å². The van der Waals surface area contributed by atoms with Crippen molar-refractivity contribution in [3.05, 3.63) is 99.3 Å². The summed E-state index contributed by atoms with van der Waals surface area (Å²) < 4.78 is 38.6. The van der Waals surface area contributed by atoms with E-state index in [1.807, 2.05) is 0 Å². The molecule has 0 bridgehead atoms. The molecule has 2 aliphatic rings. The monoisotopic (exact) mass is 878 g/mol. The molecular weight excluding hydrogens is 836 g/mol. The van der Waals surface area contributed by atoms with Gasteiger partial charge in [-0.2, -0.15) is 0 Å². The molecule has 63 heavy (non-hydrogen) atoms. The lowest BCUT2D eigenvalue weighted by atomic mass is 9.98. The average Bonchev–Trinajstić information content (AvgIpc) is 3.24. The number of ether oxygens (including phenoxy) is 5. The van der Waals surface area contributed by atoms with Crippen LogP contribution in [0.2, 0.25) is 0 Å². The van der Waals surface area contributed by atoms with Gasteiger partial charge in [-0.25, -0.2) is 0 Å². The van der Waals surface area contributed by atoms with Crippen LogP contribution in [-0.4, -0.2) is 131 Å². The molecule has 4 heterocycles. The van der Waals surface area contributed by atoms with Crippen molar-refractivity contribution in [2.75, 3.05) is 13.7 Å². The van der Waals surface area contributed by atoms with Gasteiger partial charge in [-0.1, -0.05) is 0 Å². The van der Waals surface area contributed by atoms with Gasteiger partial charge in [0.15, 0.2) is 28.6 Å². The van der Waals surface area contributed by atoms with E-state index in [1.54, 1.807) is 24.3 Å². The summed E-state index contributed by atoms with van der Waals surface area (Å²) in [6, 6.07) is 17.7. The van der Waals surface area contributed by atoms with Gasteiger partial charge >= 0.3 is 0 Å². The van der Waals surface area contributed by atoms with Crippen LogP contribution in [0.15, 0.2) is 97.3 Å². The Balaban J connectivity index is 0.000000236. The van der Waals surface area contributed by atoms with E-state index in [2.05, 4.69) is 0 Å². The highest BCUT2D eigenvalue weighted by Gasteiger charge is 2.47. The second-order valence-electron chi connectivity index (χ2n) is 14.7. The van der Waals surface area contributed by atoms with Crippen molar-refractivity contribution in [2.24, 2.45) is 0 Å². The maximum Gasteiger partial charge on any atom is 0.229 e. The second-order valence-corrected chi connectivity index (χ2v) is 14.7. The highest BCUT2D eigenvalue weighted by molar-refractivity contribution is 5.87. The highest BCUT2D eigenvalue weighted by Crippen LogP contribution is 2.36. The SMILES string of the molecule is COc1ccc(-c2cc(=O)c3c(O)cc(O[C@@H]4O[C@H](CO[C@@H]5O[C@@H](C)[C@H](O)[C@@H](O)[C@H]5O)[C@@H](O)[C@H](O)[C@H]4O)cc3o2)cc1.O=c1cc(-c2ccc(O)c(O)c2)oc2cc(O)cc(O)c12. The number of hydrogen-bond acceptors (Lipinski definition) is 20. The lowest BCUT2D eigenvalue weighted by molar-refractivity contribution is -0.318. The topological polar surface area (TPSA) is 329 Å². The number of phenols is 5. The third-order valence-corrected chi connectivity index (χ3v) is 10.4. The Bertz CT molecular complexity index is 2710. The van der Waals surface area contributed by atoms with Gasteiger partial charge in [0.25, 0.3) is 0 Å². The van der Waals surface area contributed by atoms with Gasteiger partial charge in [-0.3, -0.25) is 9.59 Å². The first kappa shape index (κ1) is 44.6. The molecule has 0 spiro atoms. The highest BCUT2D eigenvalue weighted by atomic mass is 16.7. The summed E-state index contributed by atoms with van der Waals surface area (Å²) in [5.41, 5.74) is -0.0941. The molecule has 10 atom stereocenters. The van der Waals surface area contributed by atoms with Crippen LogP contribution >= 0.6 is 0 Å². The van der Waals surface area contributed by atoms with Crippen LogP contribution in [0.5, 0.6) is 40.2 Å². The van der Waals surface area contributed by atoms with E-state index in [4.69, 9.17) is 32.5 Å². The minimum atomic E-state index is -1.76. The fourth-order valence-corrected chi connectivity index (χ4v) is 6.91. The van der Waals surface area contributed by atoms with Crippen LogP contribution in [0, 0.1) is 0 Å². The summed E-state index contributed by atoms with van der Waals surface area (Å²) in [4.78, 5) is 24.8. The van der Waals surface area contributed by atoms with Crippen molar-refractivity contribution >= 4 is 21.9 Å². The maximum atomic E-state index is 12.8. The van der Waals surface area contributed by atoms with Crippen molar-refractivity contribution in [1.29, 1.82) is 0 Å². The smallest absolute Gasteiger partial charge is 0.229 e. The van der Waals surface area contributed by atoms with Crippen LogP contribution in [0.3, 0.4) is 0 Å². The Labute approximate surface area is 354 Å². The summed E-state index contributed by atoms with van der Waals surface area (Å²) in [5.74, 6) is -0.895. The summed E-state index contributed by atoms with van der Waals surface area (Å²) in [6.07, 6.45) is -14.8. The quantitative estimate of drug-likeness (QED) is 0.0965. The molecule has 2 fully saturated rings. The minimum absolute atomic E-state index is 0.0163. The first-order valence-electron chi connectivity index (χ1n) is 19.1. The van der Waals surface area contributed by atoms with Gasteiger partial charge in [0.2, 0.25) is 6.29 Å². The number of phenolic OH excluding ortho intramolecular Hbond substituents is 5. The molecule has 6 aromatic rings. The molecule has 334 valence electrons. The fraction of sp³-hybridized carbons (Fsp3) is 0.302. The fourth-order valence-electron chi connectivity index (χ4n) is 6.91.